The molecule has 2 aliphatic rings. The van der Waals surface area contributed by atoms with Crippen molar-refractivity contribution in [1.82, 2.24) is 15.2 Å². The lowest BCUT2D eigenvalue weighted by Gasteiger charge is -2.19. The van der Waals surface area contributed by atoms with Gasteiger partial charge in [-0.15, -0.1) is 0 Å². The summed E-state index contributed by atoms with van der Waals surface area (Å²) in [6.45, 7) is 2.07. The van der Waals surface area contributed by atoms with E-state index in [0.717, 1.165) is 44.3 Å². The fourth-order valence-corrected chi connectivity index (χ4v) is 3.46. The Morgan fingerprint density at radius 1 is 1.00 bits per heavy atom. The van der Waals surface area contributed by atoms with Crippen LogP contribution in [0, 0.1) is 0 Å². The number of ether oxygens (including phenoxy) is 2. The summed E-state index contributed by atoms with van der Waals surface area (Å²) in [5, 5.41) is 2.87. The van der Waals surface area contributed by atoms with Gasteiger partial charge in [0.15, 0.2) is 11.5 Å². The second-order valence-corrected chi connectivity index (χ2v) is 7.01. The van der Waals surface area contributed by atoms with Crippen LogP contribution in [0.3, 0.4) is 0 Å². The minimum Gasteiger partial charge on any atom is -0.454 e. The second kappa shape index (κ2) is 8.29. The van der Waals surface area contributed by atoms with Crippen LogP contribution in [0.15, 0.2) is 36.5 Å². The monoisotopic (exact) mass is 381 g/mol. The largest absolute Gasteiger partial charge is 0.454 e. The molecule has 3 heterocycles. The molecule has 1 N–H and O–H groups in total. The first-order valence-corrected chi connectivity index (χ1v) is 9.63. The van der Waals surface area contributed by atoms with Crippen LogP contribution in [-0.2, 0) is 6.54 Å². The van der Waals surface area contributed by atoms with Crippen molar-refractivity contribution in [3.05, 3.63) is 53.3 Å². The van der Waals surface area contributed by atoms with Crippen molar-refractivity contribution in [3.63, 3.8) is 0 Å². The zero-order valence-corrected chi connectivity index (χ0v) is 15.6. The average Bonchev–Trinajstić information content (AvgIpc) is 3.03. The van der Waals surface area contributed by atoms with Crippen molar-refractivity contribution in [2.45, 2.75) is 32.2 Å². The highest BCUT2D eigenvalue weighted by molar-refractivity contribution is 5.98. The summed E-state index contributed by atoms with van der Waals surface area (Å²) >= 11 is 0. The zero-order valence-electron chi connectivity index (χ0n) is 15.6. The van der Waals surface area contributed by atoms with Crippen LogP contribution in [0.5, 0.6) is 11.5 Å². The van der Waals surface area contributed by atoms with Gasteiger partial charge in [0.05, 0.1) is 0 Å². The topological polar surface area (TPSA) is 80.8 Å². The third-order valence-electron chi connectivity index (χ3n) is 5.02. The number of pyridine rings is 1. The first-order valence-electron chi connectivity index (χ1n) is 9.63. The van der Waals surface area contributed by atoms with Gasteiger partial charge in [0.25, 0.3) is 11.8 Å². The number of nitrogens with zero attached hydrogens (tertiary/aromatic N) is 2. The maximum atomic E-state index is 12.7. The lowest BCUT2D eigenvalue weighted by atomic mass is 10.1. The van der Waals surface area contributed by atoms with Gasteiger partial charge in [-0.2, -0.15) is 0 Å². The number of fused-ring (bicyclic) bond motifs is 1. The predicted octanol–water partition coefficient (Wildman–Crippen LogP) is 2.76. The minimum absolute atomic E-state index is 0.104. The number of likely N-dealkylation sites (tertiary alicyclic amines) is 1. The van der Waals surface area contributed by atoms with Gasteiger partial charge in [0.1, 0.15) is 5.69 Å². The van der Waals surface area contributed by atoms with E-state index in [9.17, 15) is 9.59 Å². The molecule has 1 saturated heterocycles. The van der Waals surface area contributed by atoms with Gasteiger partial charge >= 0.3 is 0 Å². The summed E-state index contributed by atoms with van der Waals surface area (Å²) in [6, 6.07) is 8.75. The minimum atomic E-state index is -0.245. The van der Waals surface area contributed by atoms with E-state index in [2.05, 4.69) is 10.3 Å². The summed E-state index contributed by atoms with van der Waals surface area (Å²) in [6.07, 6.45) is 5.85. The summed E-state index contributed by atoms with van der Waals surface area (Å²) in [5.74, 6) is 1.04. The number of rotatable bonds is 4. The number of nitrogens with one attached hydrogen (secondary N) is 1. The third-order valence-corrected chi connectivity index (χ3v) is 5.02. The van der Waals surface area contributed by atoms with Crippen molar-refractivity contribution >= 4 is 11.8 Å². The molecule has 0 bridgehead atoms. The summed E-state index contributed by atoms with van der Waals surface area (Å²) in [7, 11) is 0. The van der Waals surface area contributed by atoms with Crippen molar-refractivity contribution in [2.75, 3.05) is 19.9 Å². The molecule has 0 atom stereocenters. The third kappa shape index (κ3) is 4.08. The lowest BCUT2D eigenvalue weighted by Crippen LogP contribution is -2.32. The highest BCUT2D eigenvalue weighted by Crippen LogP contribution is 2.32. The van der Waals surface area contributed by atoms with Crippen molar-refractivity contribution in [1.29, 1.82) is 0 Å². The normalized spacial score (nSPS) is 15.8. The van der Waals surface area contributed by atoms with E-state index in [-0.39, 0.29) is 18.6 Å². The molecule has 0 unspecified atom stereocenters. The van der Waals surface area contributed by atoms with Crippen LogP contribution in [0.25, 0.3) is 0 Å². The molecule has 28 heavy (non-hydrogen) atoms. The van der Waals surface area contributed by atoms with E-state index in [0.29, 0.717) is 29.3 Å². The number of carbonyl (C=O) groups is 2. The Balaban J connectivity index is 1.40. The maximum absolute atomic E-state index is 12.7. The molecule has 2 aliphatic heterocycles. The van der Waals surface area contributed by atoms with Crippen molar-refractivity contribution in [3.8, 4) is 11.5 Å². The van der Waals surface area contributed by atoms with Crippen LogP contribution in [0.4, 0.5) is 0 Å². The molecule has 0 saturated carbocycles. The van der Waals surface area contributed by atoms with E-state index in [1.807, 2.05) is 23.1 Å². The van der Waals surface area contributed by atoms with Gasteiger partial charge < -0.3 is 19.7 Å². The highest BCUT2D eigenvalue weighted by Gasteiger charge is 2.20. The van der Waals surface area contributed by atoms with Crippen molar-refractivity contribution in [2.24, 2.45) is 0 Å². The number of amides is 2. The maximum Gasteiger partial charge on any atom is 0.272 e. The quantitative estimate of drug-likeness (QED) is 0.881. The van der Waals surface area contributed by atoms with Crippen molar-refractivity contribution < 1.29 is 19.1 Å². The van der Waals surface area contributed by atoms with Gasteiger partial charge in [-0.25, -0.2) is 0 Å². The molecule has 1 aromatic heterocycles. The SMILES string of the molecule is O=C(NCc1ccc2c(c1)OCO2)c1ccnc(C(=O)N2CCCCCC2)c1. The number of hydrogen-bond donors (Lipinski definition) is 1. The Morgan fingerprint density at radius 3 is 2.61 bits per heavy atom. The van der Waals surface area contributed by atoms with E-state index in [1.165, 1.54) is 6.20 Å². The highest BCUT2D eigenvalue weighted by atomic mass is 16.7. The number of carbonyl (C=O) groups excluding carboxylic acids is 2. The molecular weight excluding hydrogens is 358 g/mol. The fourth-order valence-electron chi connectivity index (χ4n) is 3.46. The molecule has 4 rings (SSSR count). The first-order chi connectivity index (χ1) is 13.7. The number of benzene rings is 1. The molecule has 7 heteroatoms. The summed E-state index contributed by atoms with van der Waals surface area (Å²) < 4.78 is 10.6. The standard InChI is InChI=1S/C21H23N3O4/c25-20(23-13-15-5-6-18-19(11-15)28-14-27-18)16-7-8-22-17(12-16)21(26)24-9-3-1-2-4-10-24/h5-8,11-12H,1-4,9-10,13-14H2,(H,23,25). The Morgan fingerprint density at radius 2 is 1.79 bits per heavy atom. The van der Waals surface area contributed by atoms with Gasteiger partial charge in [-0.05, 0) is 42.7 Å². The molecule has 1 aromatic carbocycles. The van der Waals surface area contributed by atoms with Crippen LogP contribution in [0.2, 0.25) is 0 Å². The molecule has 0 spiro atoms. The Labute approximate surface area is 163 Å². The number of hydrogen-bond acceptors (Lipinski definition) is 5. The van der Waals surface area contributed by atoms with E-state index >= 15 is 0 Å². The van der Waals surface area contributed by atoms with Gasteiger partial charge in [-0.1, -0.05) is 18.9 Å². The van der Waals surface area contributed by atoms with Gasteiger partial charge in [0, 0.05) is 31.4 Å². The summed E-state index contributed by atoms with van der Waals surface area (Å²) in [4.78, 5) is 31.3. The van der Waals surface area contributed by atoms with E-state index < -0.39 is 0 Å². The zero-order chi connectivity index (χ0) is 19.3. The lowest BCUT2D eigenvalue weighted by molar-refractivity contribution is 0.0755. The molecule has 0 radical (unpaired) electrons. The van der Waals surface area contributed by atoms with Crippen LogP contribution < -0.4 is 14.8 Å². The molecule has 146 valence electrons. The Hall–Kier alpha value is -3.09. The van der Waals surface area contributed by atoms with E-state index in [4.69, 9.17) is 9.47 Å². The van der Waals surface area contributed by atoms with Gasteiger partial charge in [-0.3, -0.25) is 14.6 Å². The molecule has 2 aromatic rings. The predicted molar refractivity (Wildman–Crippen MR) is 102 cm³/mol. The second-order valence-electron chi connectivity index (χ2n) is 7.01. The van der Waals surface area contributed by atoms with Crippen LogP contribution in [0.1, 0.15) is 52.1 Å². The molecule has 1 fully saturated rings. The van der Waals surface area contributed by atoms with Gasteiger partial charge in [0.2, 0.25) is 6.79 Å². The smallest absolute Gasteiger partial charge is 0.272 e. The van der Waals surface area contributed by atoms with Crippen LogP contribution >= 0.6 is 0 Å². The van der Waals surface area contributed by atoms with Crippen LogP contribution in [-0.4, -0.2) is 41.6 Å². The molecule has 7 nitrogen and oxygen atoms in total. The first kappa shape index (κ1) is 18.3. The summed E-state index contributed by atoms with van der Waals surface area (Å²) in [5.41, 5.74) is 1.65. The Kier molecular flexibility index (Phi) is 5.41. The number of aromatic nitrogens is 1. The fraction of sp³-hybridized carbons (Fsp3) is 0.381. The Bertz CT molecular complexity index is 876. The molecular formula is C21H23N3O4. The molecule has 2 amide bonds. The molecule has 0 aliphatic carbocycles. The van der Waals surface area contributed by atoms with E-state index in [1.54, 1.807) is 12.1 Å². The average molecular weight is 381 g/mol.